The van der Waals surface area contributed by atoms with Crippen LogP contribution < -0.4 is 5.32 Å². The monoisotopic (exact) mass is 285 g/mol. The van der Waals surface area contributed by atoms with Gasteiger partial charge in [0.15, 0.2) is 11.6 Å². The van der Waals surface area contributed by atoms with Gasteiger partial charge in [-0.15, -0.1) is 0 Å². The second-order valence-corrected chi connectivity index (χ2v) is 6.27. The van der Waals surface area contributed by atoms with E-state index < -0.39 is 0 Å². The molecule has 1 unspecified atom stereocenters. The van der Waals surface area contributed by atoms with Crippen LogP contribution in [0, 0.1) is 12.8 Å². The smallest absolute Gasteiger partial charge is 0.196 e. The van der Waals surface area contributed by atoms with Crippen molar-refractivity contribution in [2.45, 2.75) is 46.1 Å². The van der Waals surface area contributed by atoms with E-state index in [2.05, 4.69) is 24.1 Å². The topological polar surface area (TPSA) is 51.0 Å². The second kappa shape index (κ2) is 5.98. The van der Waals surface area contributed by atoms with Gasteiger partial charge in [-0.1, -0.05) is 13.8 Å². The van der Waals surface area contributed by atoms with Gasteiger partial charge in [-0.25, -0.2) is 9.97 Å². The summed E-state index contributed by atoms with van der Waals surface area (Å²) in [5, 5.41) is 3.53. The van der Waals surface area contributed by atoms with E-state index in [1.165, 1.54) is 17.7 Å². The molecule has 0 aliphatic heterocycles. The number of fused-ring (bicyclic) bond motifs is 1. The van der Waals surface area contributed by atoms with Gasteiger partial charge in [0, 0.05) is 17.9 Å². The highest BCUT2D eigenvalue weighted by molar-refractivity contribution is 5.52. The predicted octanol–water partition coefficient (Wildman–Crippen LogP) is 3.15. The van der Waals surface area contributed by atoms with Gasteiger partial charge in [0.2, 0.25) is 0 Å². The van der Waals surface area contributed by atoms with Crippen molar-refractivity contribution < 1.29 is 4.42 Å². The van der Waals surface area contributed by atoms with Crippen LogP contribution in [0.15, 0.2) is 22.9 Å². The van der Waals surface area contributed by atoms with Crippen molar-refractivity contribution in [2.75, 3.05) is 6.54 Å². The van der Waals surface area contributed by atoms with Crippen LogP contribution in [-0.2, 0) is 12.8 Å². The maximum Gasteiger partial charge on any atom is 0.196 e. The Morgan fingerprint density at radius 3 is 3.00 bits per heavy atom. The largest absolute Gasteiger partial charge is 0.461 e. The lowest BCUT2D eigenvalue weighted by molar-refractivity contribution is 0.402. The first kappa shape index (κ1) is 14.3. The third kappa shape index (κ3) is 3.16. The van der Waals surface area contributed by atoms with Crippen LogP contribution in [0.2, 0.25) is 0 Å². The first-order valence-electron chi connectivity index (χ1n) is 7.76. The zero-order chi connectivity index (χ0) is 14.8. The molecule has 4 heteroatoms. The minimum Gasteiger partial charge on any atom is -0.461 e. The van der Waals surface area contributed by atoms with Crippen molar-refractivity contribution >= 4 is 0 Å². The van der Waals surface area contributed by atoms with E-state index in [-0.39, 0.29) is 0 Å². The average molecular weight is 285 g/mol. The molecule has 0 bridgehead atoms. The molecule has 1 N–H and O–H groups in total. The molecular formula is C17H23N3O. The summed E-state index contributed by atoms with van der Waals surface area (Å²) in [5.74, 6) is 2.20. The van der Waals surface area contributed by atoms with Gasteiger partial charge in [0.25, 0.3) is 0 Å². The Morgan fingerprint density at radius 2 is 2.29 bits per heavy atom. The molecule has 0 spiro atoms. The number of rotatable bonds is 4. The van der Waals surface area contributed by atoms with E-state index in [0.29, 0.717) is 12.0 Å². The SMILES string of the molecule is Cc1ccoc1-c1ncc2c(n1)CCC(CNC(C)C)C2. The van der Waals surface area contributed by atoms with Gasteiger partial charge in [-0.05, 0) is 55.8 Å². The molecule has 2 aromatic rings. The van der Waals surface area contributed by atoms with Gasteiger partial charge < -0.3 is 9.73 Å². The molecule has 21 heavy (non-hydrogen) atoms. The Labute approximate surface area is 126 Å². The summed E-state index contributed by atoms with van der Waals surface area (Å²) in [7, 11) is 0. The van der Waals surface area contributed by atoms with E-state index in [4.69, 9.17) is 9.40 Å². The normalized spacial score (nSPS) is 18.0. The van der Waals surface area contributed by atoms with Gasteiger partial charge in [0.1, 0.15) is 0 Å². The van der Waals surface area contributed by atoms with Gasteiger partial charge in [-0.2, -0.15) is 0 Å². The Balaban J connectivity index is 1.75. The van der Waals surface area contributed by atoms with Crippen molar-refractivity contribution in [3.8, 4) is 11.6 Å². The molecule has 0 saturated carbocycles. The Bertz CT molecular complexity index is 618. The molecule has 1 aliphatic rings. The lowest BCUT2D eigenvalue weighted by atomic mass is 9.87. The molecule has 0 aromatic carbocycles. The summed E-state index contributed by atoms with van der Waals surface area (Å²) < 4.78 is 5.49. The molecule has 0 radical (unpaired) electrons. The standard InChI is InChI=1S/C17H23N3O/c1-11(2)18-9-13-4-5-15-14(8-13)10-19-17(20-15)16-12(3)6-7-21-16/h6-7,10-11,13,18H,4-5,8-9H2,1-3H3. The zero-order valence-corrected chi connectivity index (χ0v) is 13.0. The molecule has 3 rings (SSSR count). The minimum atomic E-state index is 0.548. The second-order valence-electron chi connectivity index (χ2n) is 6.27. The Morgan fingerprint density at radius 1 is 1.43 bits per heavy atom. The first-order chi connectivity index (χ1) is 10.1. The van der Waals surface area contributed by atoms with Crippen molar-refractivity contribution in [3.63, 3.8) is 0 Å². The van der Waals surface area contributed by atoms with E-state index in [0.717, 1.165) is 36.5 Å². The van der Waals surface area contributed by atoms with Crippen molar-refractivity contribution in [2.24, 2.45) is 5.92 Å². The molecule has 0 fully saturated rings. The highest BCUT2D eigenvalue weighted by Gasteiger charge is 2.21. The molecule has 2 aromatic heterocycles. The molecule has 2 heterocycles. The maximum atomic E-state index is 5.49. The quantitative estimate of drug-likeness (QED) is 0.937. The molecule has 1 atom stereocenters. The van der Waals surface area contributed by atoms with Crippen LogP contribution >= 0.6 is 0 Å². The number of hydrogen-bond donors (Lipinski definition) is 1. The molecule has 112 valence electrons. The fraction of sp³-hybridized carbons (Fsp3) is 0.529. The van der Waals surface area contributed by atoms with E-state index >= 15 is 0 Å². The third-order valence-corrected chi connectivity index (χ3v) is 4.13. The third-order valence-electron chi connectivity index (χ3n) is 4.13. The Hall–Kier alpha value is -1.68. The number of nitrogens with one attached hydrogen (secondary N) is 1. The number of nitrogens with zero attached hydrogens (tertiary/aromatic N) is 2. The summed E-state index contributed by atoms with van der Waals surface area (Å²) in [4.78, 5) is 9.22. The van der Waals surface area contributed by atoms with E-state index in [1.54, 1.807) is 6.26 Å². The van der Waals surface area contributed by atoms with Crippen molar-refractivity contribution in [1.82, 2.24) is 15.3 Å². The van der Waals surface area contributed by atoms with Crippen LogP contribution in [0.3, 0.4) is 0 Å². The summed E-state index contributed by atoms with van der Waals surface area (Å²) in [6.45, 7) is 7.49. The highest BCUT2D eigenvalue weighted by Crippen LogP contribution is 2.27. The van der Waals surface area contributed by atoms with Crippen LogP contribution in [0.4, 0.5) is 0 Å². The number of furan rings is 1. The van der Waals surface area contributed by atoms with Crippen LogP contribution in [-0.4, -0.2) is 22.6 Å². The van der Waals surface area contributed by atoms with Crippen molar-refractivity contribution in [1.29, 1.82) is 0 Å². The van der Waals surface area contributed by atoms with Crippen LogP contribution in [0.25, 0.3) is 11.6 Å². The molecule has 0 saturated heterocycles. The van der Waals surface area contributed by atoms with E-state index in [9.17, 15) is 0 Å². The molecular weight excluding hydrogens is 262 g/mol. The Kier molecular flexibility index (Phi) is 4.06. The number of aryl methyl sites for hydroxylation is 2. The van der Waals surface area contributed by atoms with Gasteiger partial charge in [-0.3, -0.25) is 0 Å². The minimum absolute atomic E-state index is 0.548. The summed E-state index contributed by atoms with van der Waals surface area (Å²) >= 11 is 0. The highest BCUT2D eigenvalue weighted by atomic mass is 16.3. The summed E-state index contributed by atoms with van der Waals surface area (Å²) in [5.41, 5.74) is 3.58. The fourth-order valence-electron chi connectivity index (χ4n) is 2.87. The fourth-order valence-corrected chi connectivity index (χ4v) is 2.87. The summed E-state index contributed by atoms with van der Waals surface area (Å²) in [6, 6.07) is 2.50. The maximum absolute atomic E-state index is 5.49. The molecule has 1 aliphatic carbocycles. The first-order valence-corrected chi connectivity index (χ1v) is 7.76. The zero-order valence-electron chi connectivity index (χ0n) is 13.0. The van der Waals surface area contributed by atoms with Crippen molar-refractivity contribution in [3.05, 3.63) is 35.3 Å². The molecule has 0 amide bonds. The van der Waals surface area contributed by atoms with Gasteiger partial charge >= 0.3 is 0 Å². The predicted molar refractivity (Wildman–Crippen MR) is 83.1 cm³/mol. The van der Waals surface area contributed by atoms with E-state index in [1.807, 2.05) is 19.2 Å². The number of hydrogen-bond acceptors (Lipinski definition) is 4. The molecule has 4 nitrogen and oxygen atoms in total. The number of aromatic nitrogens is 2. The lowest BCUT2D eigenvalue weighted by Crippen LogP contribution is -2.32. The average Bonchev–Trinajstić information content (AvgIpc) is 2.90. The van der Waals surface area contributed by atoms with Gasteiger partial charge in [0.05, 0.1) is 6.26 Å². The summed E-state index contributed by atoms with van der Waals surface area (Å²) in [6.07, 6.45) is 6.99. The van der Waals surface area contributed by atoms with Crippen LogP contribution in [0.5, 0.6) is 0 Å². The lowest BCUT2D eigenvalue weighted by Gasteiger charge is -2.25. The van der Waals surface area contributed by atoms with Crippen LogP contribution in [0.1, 0.15) is 37.1 Å².